The van der Waals surface area contributed by atoms with E-state index in [1.165, 1.54) is 24.0 Å². The zero-order valence-corrected chi connectivity index (χ0v) is 18.4. The zero-order chi connectivity index (χ0) is 23.6. The van der Waals surface area contributed by atoms with E-state index in [1.54, 1.807) is 26.2 Å². The number of carbonyl (C=O) groups excluding carboxylic acids is 1. The van der Waals surface area contributed by atoms with Crippen LogP contribution in [-0.4, -0.2) is 42.0 Å². The number of hydrogen-bond acceptors (Lipinski definition) is 5. The van der Waals surface area contributed by atoms with Crippen molar-refractivity contribution in [2.75, 3.05) is 23.0 Å². The summed E-state index contributed by atoms with van der Waals surface area (Å²) in [6, 6.07) is 3.78. The lowest BCUT2D eigenvalue weighted by Gasteiger charge is -2.28. The van der Waals surface area contributed by atoms with Crippen molar-refractivity contribution in [2.45, 2.75) is 43.6 Å². The highest BCUT2D eigenvalue weighted by molar-refractivity contribution is 7.98. The molecule has 32 heavy (non-hydrogen) atoms. The van der Waals surface area contributed by atoms with Crippen molar-refractivity contribution in [1.29, 1.82) is 0 Å². The number of nitrogens with zero attached hydrogens (tertiary/aromatic N) is 2. The lowest BCUT2D eigenvalue weighted by atomic mass is 10.0. The summed E-state index contributed by atoms with van der Waals surface area (Å²) in [5.74, 6) is -5.55. The predicted molar refractivity (Wildman–Crippen MR) is 112 cm³/mol. The molecule has 11 heteroatoms. The van der Waals surface area contributed by atoms with Crippen LogP contribution in [0, 0.1) is 17.6 Å². The van der Waals surface area contributed by atoms with Gasteiger partial charge in [0.1, 0.15) is 6.04 Å². The summed E-state index contributed by atoms with van der Waals surface area (Å²) in [7, 11) is 0. The maximum atomic E-state index is 14.5. The number of anilines is 2. The van der Waals surface area contributed by atoms with Crippen LogP contribution in [0.15, 0.2) is 35.5 Å². The van der Waals surface area contributed by atoms with Gasteiger partial charge in [-0.2, -0.15) is 17.6 Å². The molecule has 1 saturated heterocycles. The Hall–Kier alpha value is -2.56. The molecule has 3 rings (SSSR count). The van der Waals surface area contributed by atoms with Crippen LogP contribution in [-0.2, 0) is 4.79 Å². The Morgan fingerprint density at radius 1 is 1.28 bits per heavy atom. The van der Waals surface area contributed by atoms with Gasteiger partial charge in [-0.1, -0.05) is 0 Å². The van der Waals surface area contributed by atoms with Gasteiger partial charge in [0.05, 0.1) is 22.7 Å². The first-order valence-corrected chi connectivity index (χ1v) is 11.0. The number of hydrogen-bond donors (Lipinski definition) is 1. The monoisotopic (exact) mass is 475 g/mol. The molecule has 0 spiro atoms. The average molecular weight is 475 g/mol. The minimum absolute atomic E-state index is 0.107. The lowest BCUT2D eigenvalue weighted by Crippen LogP contribution is -2.40. The first-order valence-electron chi connectivity index (χ1n) is 9.80. The van der Waals surface area contributed by atoms with Gasteiger partial charge in [0.2, 0.25) is 11.7 Å². The van der Waals surface area contributed by atoms with Crippen LogP contribution in [0.2, 0.25) is 0 Å². The van der Waals surface area contributed by atoms with E-state index in [4.69, 9.17) is 4.74 Å². The Balaban J connectivity index is 1.98. The van der Waals surface area contributed by atoms with E-state index in [1.807, 2.05) is 0 Å². The number of carbonyl (C=O) groups is 1. The van der Waals surface area contributed by atoms with Gasteiger partial charge in [-0.05, 0) is 50.8 Å². The highest BCUT2D eigenvalue weighted by Gasteiger charge is 2.50. The first-order chi connectivity index (χ1) is 15.0. The standard InChI is InChI=1S/C21H22F5N3O2S/c1-11(2)31-19-15(5-4-14(22)18(19)23)29-10-12(21(24,25)26)8-16(29)20(30)28-13-6-7-27-17(9-13)32-3/h4-7,9,11-12,16H,8,10H2,1-3H3,(H,27,28,30). The van der Waals surface area contributed by atoms with Crippen molar-refractivity contribution in [3.05, 3.63) is 42.1 Å². The molecular formula is C21H22F5N3O2S. The Labute approximate surface area is 186 Å². The van der Waals surface area contributed by atoms with Crippen molar-refractivity contribution in [3.8, 4) is 5.75 Å². The number of rotatable bonds is 6. The first kappa shape index (κ1) is 24.1. The third-order valence-corrected chi connectivity index (χ3v) is 5.61. The smallest absolute Gasteiger partial charge is 0.393 e. The minimum atomic E-state index is -4.56. The normalized spacial score (nSPS) is 18.8. The van der Waals surface area contributed by atoms with E-state index < -0.39 is 60.5 Å². The molecule has 1 aromatic carbocycles. The molecule has 2 heterocycles. The van der Waals surface area contributed by atoms with Gasteiger partial charge in [-0.25, -0.2) is 9.37 Å². The highest BCUT2D eigenvalue weighted by Crippen LogP contribution is 2.43. The molecule has 2 aromatic rings. The highest BCUT2D eigenvalue weighted by atomic mass is 32.2. The van der Waals surface area contributed by atoms with Gasteiger partial charge >= 0.3 is 6.18 Å². The summed E-state index contributed by atoms with van der Waals surface area (Å²) in [6.45, 7) is 2.56. The molecule has 5 nitrogen and oxygen atoms in total. The molecule has 0 aliphatic carbocycles. The summed E-state index contributed by atoms with van der Waals surface area (Å²) in [6.07, 6.45) is -2.40. The van der Waals surface area contributed by atoms with E-state index in [-0.39, 0.29) is 5.69 Å². The van der Waals surface area contributed by atoms with Crippen LogP contribution < -0.4 is 15.0 Å². The van der Waals surface area contributed by atoms with Crippen molar-refractivity contribution in [2.24, 2.45) is 5.92 Å². The van der Waals surface area contributed by atoms with Crippen molar-refractivity contribution < 1.29 is 31.5 Å². The van der Waals surface area contributed by atoms with E-state index in [0.717, 1.165) is 17.0 Å². The third kappa shape index (κ3) is 5.25. The number of benzene rings is 1. The Morgan fingerprint density at radius 3 is 2.62 bits per heavy atom. The second-order valence-electron chi connectivity index (χ2n) is 7.59. The SMILES string of the molecule is CSc1cc(NC(=O)C2CC(C(F)(F)F)CN2c2ccc(F)c(F)c2OC(C)C)ccn1. The molecule has 1 aliphatic rings. The summed E-state index contributed by atoms with van der Waals surface area (Å²) in [5, 5.41) is 3.22. The maximum Gasteiger partial charge on any atom is 0.393 e. The molecule has 1 aromatic heterocycles. The molecule has 174 valence electrons. The summed E-state index contributed by atoms with van der Waals surface area (Å²) >= 11 is 1.34. The average Bonchev–Trinajstić information content (AvgIpc) is 3.17. The van der Waals surface area contributed by atoms with Gasteiger partial charge in [0.25, 0.3) is 0 Å². The van der Waals surface area contributed by atoms with Gasteiger partial charge in [0, 0.05) is 18.4 Å². The number of pyridine rings is 1. The van der Waals surface area contributed by atoms with Crippen LogP contribution >= 0.6 is 11.8 Å². The number of ether oxygens (including phenoxy) is 1. The third-order valence-electron chi connectivity index (χ3n) is 4.97. The van der Waals surface area contributed by atoms with Crippen LogP contribution in [0.5, 0.6) is 5.75 Å². The summed E-state index contributed by atoms with van der Waals surface area (Å²) in [5.41, 5.74) is 0.262. The van der Waals surface area contributed by atoms with E-state index in [9.17, 15) is 26.7 Å². The topological polar surface area (TPSA) is 54.5 Å². The number of halogens is 5. The van der Waals surface area contributed by atoms with Crippen LogP contribution in [0.4, 0.5) is 33.3 Å². The van der Waals surface area contributed by atoms with Crippen molar-refractivity contribution in [1.82, 2.24) is 4.98 Å². The summed E-state index contributed by atoms with van der Waals surface area (Å²) in [4.78, 5) is 18.2. The number of nitrogens with one attached hydrogen (secondary N) is 1. The maximum absolute atomic E-state index is 14.5. The van der Waals surface area contributed by atoms with Crippen LogP contribution in [0.1, 0.15) is 20.3 Å². The van der Waals surface area contributed by atoms with Gasteiger partial charge in [-0.3, -0.25) is 4.79 Å². The van der Waals surface area contributed by atoms with Crippen LogP contribution in [0.25, 0.3) is 0 Å². The van der Waals surface area contributed by atoms with Crippen molar-refractivity contribution >= 4 is 29.0 Å². The van der Waals surface area contributed by atoms with Gasteiger partial charge < -0.3 is 15.0 Å². The quantitative estimate of drug-likeness (QED) is 0.456. The Kier molecular flexibility index (Phi) is 7.16. The number of thioether (sulfide) groups is 1. The minimum Gasteiger partial charge on any atom is -0.486 e. The predicted octanol–water partition coefficient (Wildman–Crippen LogP) is 5.26. The van der Waals surface area contributed by atoms with Crippen molar-refractivity contribution in [3.63, 3.8) is 0 Å². The Morgan fingerprint density at radius 2 is 2.00 bits per heavy atom. The van der Waals surface area contributed by atoms with Gasteiger partial charge in [0.15, 0.2) is 11.6 Å². The molecule has 0 radical (unpaired) electrons. The molecule has 0 bridgehead atoms. The summed E-state index contributed by atoms with van der Waals surface area (Å²) < 4.78 is 74.3. The molecule has 1 fully saturated rings. The Bertz CT molecular complexity index is 986. The molecule has 1 N–H and O–H groups in total. The zero-order valence-electron chi connectivity index (χ0n) is 17.5. The van der Waals surface area contributed by atoms with E-state index in [2.05, 4.69) is 10.3 Å². The number of amides is 1. The van der Waals surface area contributed by atoms with Gasteiger partial charge in [-0.15, -0.1) is 11.8 Å². The molecule has 1 aliphatic heterocycles. The number of alkyl halides is 3. The molecular weight excluding hydrogens is 453 g/mol. The molecule has 1 amide bonds. The number of aromatic nitrogens is 1. The van der Waals surface area contributed by atoms with E-state index >= 15 is 0 Å². The lowest BCUT2D eigenvalue weighted by molar-refractivity contribution is -0.168. The second-order valence-corrected chi connectivity index (χ2v) is 8.42. The largest absolute Gasteiger partial charge is 0.486 e. The van der Waals surface area contributed by atoms with Crippen LogP contribution in [0.3, 0.4) is 0 Å². The molecule has 2 atom stereocenters. The fraction of sp³-hybridized carbons (Fsp3) is 0.429. The second kappa shape index (κ2) is 9.51. The van der Waals surface area contributed by atoms with E-state index in [0.29, 0.717) is 10.7 Å². The fourth-order valence-corrected chi connectivity index (χ4v) is 3.92. The fourth-order valence-electron chi connectivity index (χ4n) is 3.51. The molecule has 2 unspecified atom stereocenters. The molecule has 0 saturated carbocycles.